The maximum absolute atomic E-state index is 5.91. The average Bonchev–Trinajstić information content (AvgIpc) is 3.03. The lowest BCUT2D eigenvalue weighted by Crippen LogP contribution is -2.32. The zero-order valence-electron chi connectivity index (χ0n) is 15.4. The molecule has 0 amide bonds. The van der Waals surface area contributed by atoms with Gasteiger partial charge in [-0.25, -0.2) is 4.98 Å². The molecule has 1 aromatic heterocycles. The van der Waals surface area contributed by atoms with E-state index in [4.69, 9.17) is 14.1 Å². The van der Waals surface area contributed by atoms with Gasteiger partial charge in [-0.05, 0) is 31.2 Å². The molecule has 2 heterocycles. The van der Waals surface area contributed by atoms with Crippen molar-refractivity contribution in [2.24, 2.45) is 0 Å². The van der Waals surface area contributed by atoms with Gasteiger partial charge < -0.3 is 19.0 Å². The summed E-state index contributed by atoms with van der Waals surface area (Å²) >= 11 is 0. The average molecular weight is 349 g/mol. The van der Waals surface area contributed by atoms with Crippen LogP contribution in [0.3, 0.4) is 0 Å². The first-order chi connectivity index (χ1) is 12.6. The first-order valence-corrected chi connectivity index (χ1v) is 8.82. The molecule has 4 rings (SSSR count). The molecule has 2 aromatic carbocycles. The molecule has 0 aliphatic carbocycles. The molecule has 1 aliphatic heterocycles. The van der Waals surface area contributed by atoms with Crippen LogP contribution in [-0.2, 0) is 6.54 Å². The monoisotopic (exact) mass is 349 g/mol. The Bertz CT molecular complexity index is 903. The van der Waals surface area contributed by atoms with Gasteiger partial charge >= 0.3 is 0 Å². The fraction of sp³-hybridized carbons (Fsp3) is 0.286. The number of anilines is 2. The molecule has 0 radical (unpaired) electrons. The van der Waals surface area contributed by atoms with Crippen LogP contribution in [0, 0.1) is 6.92 Å². The van der Waals surface area contributed by atoms with Crippen LogP contribution in [0.4, 0.5) is 11.4 Å². The van der Waals surface area contributed by atoms with Gasteiger partial charge in [0.1, 0.15) is 23.8 Å². The van der Waals surface area contributed by atoms with E-state index in [1.54, 1.807) is 0 Å². The molecule has 134 valence electrons. The molecule has 0 saturated carbocycles. The van der Waals surface area contributed by atoms with E-state index in [1.807, 2.05) is 51.4 Å². The summed E-state index contributed by atoms with van der Waals surface area (Å²) < 4.78 is 11.8. The fourth-order valence-electron chi connectivity index (χ4n) is 3.17. The first-order valence-electron chi connectivity index (χ1n) is 8.82. The summed E-state index contributed by atoms with van der Waals surface area (Å²) in [6.45, 7) is 4.19. The molecule has 1 aliphatic rings. The SMILES string of the molecule is Cc1oc(-c2ccccc2)nc1CN1CCOc2cc(N(C)C)ccc21. The zero-order valence-corrected chi connectivity index (χ0v) is 15.4. The van der Waals surface area contributed by atoms with Crippen LogP contribution in [0.1, 0.15) is 11.5 Å². The van der Waals surface area contributed by atoms with Gasteiger partial charge in [-0.1, -0.05) is 18.2 Å². The van der Waals surface area contributed by atoms with Crippen molar-refractivity contribution in [2.75, 3.05) is 37.0 Å². The molecule has 0 bridgehead atoms. The van der Waals surface area contributed by atoms with Crippen LogP contribution in [-0.4, -0.2) is 32.2 Å². The second kappa shape index (κ2) is 6.75. The first kappa shape index (κ1) is 16.5. The maximum Gasteiger partial charge on any atom is 0.226 e. The molecule has 5 heteroatoms. The number of fused-ring (bicyclic) bond motifs is 1. The van der Waals surface area contributed by atoms with Crippen LogP contribution >= 0.6 is 0 Å². The van der Waals surface area contributed by atoms with Crippen molar-refractivity contribution in [1.82, 2.24) is 4.98 Å². The van der Waals surface area contributed by atoms with Crippen molar-refractivity contribution in [2.45, 2.75) is 13.5 Å². The Labute approximate surface area is 153 Å². The number of aryl methyl sites for hydroxylation is 1. The van der Waals surface area contributed by atoms with Crippen LogP contribution < -0.4 is 14.5 Å². The van der Waals surface area contributed by atoms with Crippen molar-refractivity contribution < 1.29 is 9.15 Å². The van der Waals surface area contributed by atoms with Gasteiger partial charge in [-0.15, -0.1) is 0 Å². The van der Waals surface area contributed by atoms with Gasteiger partial charge in [0.05, 0.1) is 18.8 Å². The number of hydrogen-bond donors (Lipinski definition) is 0. The van der Waals surface area contributed by atoms with Gasteiger partial charge in [-0.2, -0.15) is 0 Å². The highest BCUT2D eigenvalue weighted by Gasteiger charge is 2.22. The highest BCUT2D eigenvalue weighted by molar-refractivity contribution is 5.66. The van der Waals surface area contributed by atoms with Crippen molar-refractivity contribution in [3.05, 3.63) is 60.0 Å². The Morgan fingerprint density at radius 2 is 1.92 bits per heavy atom. The number of ether oxygens (including phenoxy) is 1. The summed E-state index contributed by atoms with van der Waals surface area (Å²) in [5, 5.41) is 0. The van der Waals surface area contributed by atoms with Gasteiger partial charge in [-0.3, -0.25) is 0 Å². The Morgan fingerprint density at radius 3 is 2.69 bits per heavy atom. The summed E-state index contributed by atoms with van der Waals surface area (Å²) in [7, 11) is 4.07. The van der Waals surface area contributed by atoms with E-state index in [0.29, 0.717) is 19.0 Å². The largest absolute Gasteiger partial charge is 0.489 e. The number of nitrogens with zero attached hydrogens (tertiary/aromatic N) is 3. The van der Waals surface area contributed by atoms with Crippen LogP contribution in [0.15, 0.2) is 52.9 Å². The highest BCUT2D eigenvalue weighted by atomic mass is 16.5. The molecule has 0 atom stereocenters. The van der Waals surface area contributed by atoms with Crippen molar-refractivity contribution in [3.8, 4) is 17.2 Å². The second-order valence-corrected chi connectivity index (χ2v) is 6.70. The van der Waals surface area contributed by atoms with E-state index in [-0.39, 0.29) is 0 Å². The number of oxazole rings is 1. The third kappa shape index (κ3) is 3.12. The summed E-state index contributed by atoms with van der Waals surface area (Å²) in [4.78, 5) is 9.12. The van der Waals surface area contributed by atoms with Crippen LogP contribution in [0.5, 0.6) is 5.75 Å². The Morgan fingerprint density at radius 1 is 1.12 bits per heavy atom. The quantitative estimate of drug-likeness (QED) is 0.709. The fourth-order valence-corrected chi connectivity index (χ4v) is 3.17. The topological polar surface area (TPSA) is 41.7 Å². The smallest absolute Gasteiger partial charge is 0.226 e. The van der Waals surface area contributed by atoms with E-state index in [1.165, 1.54) is 0 Å². The van der Waals surface area contributed by atoms with Crippen LogP contribution in [0.2, 0.25) is 0 Å². The maximum atomic E-state index is 5.91. The standard InChI is InChI=1S/C21H23N3O2/c1-15-18(22-21(26-15)16-7-5-4-6-8-16)14-24-11-12-25-20-13-17(23(2)3)9-10-19(20)24/h4-10,13H,11-12,14H2,1-3H3. The van der Waals surface area contributed by atoms with E-state index < -0.39 is 0 Å². The lowest BCUT2D eigenvalue weighted by Gasteiger charge is -2.31. The van der Waals surface area contributed by atoms with E-state index >= 15 is 0 Å². The number of rotatable bonds is 4. The molecule has 0 unspecified atom stereocenters. The predicted octanol–water partition coefficient (Wildman–Crippen LogP) is 4.12. The molecule has 5 nitrogen and oxygen atoms in total. The lowest BCUT2D eigenvalue weighted by atomic mass is 10.2. The minimum Gasteiger partial charge on any atom is -0.489 e. The third-order valence-corrected chi connectivity index (χ3v) is 4.67. The predicted molar refractivity (Wildman–Crippen MR) is 104 cm³/mol. The number of aromatic nitrogens is 1. The number of benzene rings is 2. The minimum absolute atomic E-state index is 0.673. The molecular weight excluding hydrogens is 326 g/mol. The number of hydrogen-bond acceptors (Lipinski definition) is 5. The minimum atomic E-state index is 0.673. The molecule has 26 heavy (non-hydrogen) atoms. The Balaban J connectivity index is 1.60. The van der Waals surface area contributed by atoms with Gasteiger partial charge in [0, 0.05) is 31.4 Å². The van der Waals surface area contributed by atoms with Gasteiger partial charge in [0.25, 0.3) is 0 Å². The second-order valence-electron chi connectivity index (χ2n) is 6.70. The summed E-state index contributed by atoms with van der Waals surface area (Å²) in [6.07, 6.45) is 0. The van der Waals surface area contributed by atoms with Crippen LogP contribution in [0.25, 0.3) is 11.5 Å². The van der Waals surface area contributed by atoms with Crippen molar-refractivity contribution >= 4 is 11.4 Å². The van der Waals surface area contributed by atoms with E-state index in [2.05, 4.69) is 28.0 Å². The molecule has 0 spiro atoms. The molecular formula is C21H23N3O2. The molecule has 3 aromatic rings. The van der Waals surface area contributed by atoms with Crippen molar-refractivity contribution in [1.29, 1.82) is 0 Å². The summed E-state index contributed by atoms with van der Waals surface area (Å²) in [5.74, 6) is 2.46. The van der Waals surface area contributed by atoms with Gasteiger partial charge in [0.2, 0.25) is 5.89 Å². The van der Waals surface area contributed by atoms with Crippen molar-refractivity contribution in [3.63, 3.8) is 0 Å². The highest BCUT2D eigenvalue weighted by Crippen LogP contribution is 2.36. The molecule has 0 fully saturated rings. The normalized spacial score (nSPS) is 13.3. The zero-order chi connectivity index (χ0) is 18.1. The summed E-state index contributed by atoms with van der Waals surface area (Å²) in [5.41, 5.74) is 4.20. The van der Waals surface area contributed by atoms with E-state index in [9.17, 15) is 0 Å². The molecule has 0 saturated heterocycles. The Kier molecular flexibility index (Phi) is 4.29. The Hall–Kier alpha value is -2.95. The lowest BCUT2D eigenvalue weighted by molar-refractivity contribution is 0.306. The van der Waals surface area contributed by atoms with Gasteiger partial charge in [0.15, 0.2) is 0 Å². The third-order valence-electron chi connectivity index (χ3n) is 4.67. The molecule has 0 N–H and O–H groups in total. The summed E-state index contributed by atoms with van der Waals surface area (Å²) in [6, 6.07) is 16.3. The van der Waals surface area contributed by atoms with E-state index in [0.717, 1.165) is 40.7 Å².